The minimum atomic E-state index is -0.821. The van der Waals surface area contributed by atoms with E-state index in [9.17, 15) is 9.59 Å². The molecule has 23 heavy (non-hydrogen) atoms. The molecule has 0 bridgehead atoms. The van der Waals surface area contributed by atoms with Crippen molar-refractivity contribution in [3.63, 3.8) is 0 Å². The lowest BCUT2D eigenvalue weighted by Gasteiger charge is -2.16. The number of aldehydes is 1. The van der Waals surface area contributed by atoms with Crippen LogP contribution in [-0.2, 0) is 16.2 Å². The topological polar surface area (TPSA) is 55.4 Å². The number of hydrogen-bond donors (Lipinski definition) is 1. The monoisotopic (exact) mass is 311 g/mol. The maximum atomic E-state index is 11.9. The quantitative estimate of drug-likeness (QED) is 0.659. The van der Waals surface area contributed by atoms with Gasteiger partial charge in [0.2, 0.25) is 5.91 Å². The summed E-state index contributed by atoms with van der Waals surface area (Å²) < 4.78 is 5.90. The summed E-state index contributed by atoms with van der Waals surface area (Å²) >= 11 is 0. The third kappa shape index (κ3) is 3.97. The Hall–Kier alpha value is -2.62. The second-order valence-electron chi connectivity index (χ2n) is 5.48. The van der Waals surface area contributed by atoms with E-state index < -0.39 is 5.92 Å². The van der Waals surface area contributed by atoms with Crippen molar-refractivity contribution < 1.29 is 14.3 Å². The lowest BCUT2D eigenvalue weighted by atomic mass is 9.95. The summed E-state index contributed by atoms with van der Waals surface area (Å²) in [4.78, 5) is 23.2. The van der Waals surface area contributed by atoms with Crippen LogP contribution in [0.15, 0.2) is 42.5 Å². The molecule has 0 spiro atoms. The molecular weight excluding hydrogens is 290 g/mol. The van der Waals surface area contributed by atoms with Gasteiger partial charge in [-0.05, 0) is 42.2 Å². The molecular formula is C19H21NO3. The first-order valence-corrected chi connectivity index (χ1v) is 7.51. The van der Waals surface area contributed by atoms with Crippen LogP contribution in [0.3, 0.4) is 0 Å². The molecule has 0 fully saturated rings. The van der Waals surface area contributed by atoms with Crippen molar-refractivity contribution in [2.75, 3.05) is 7.05 Å². The Kier molecular flexibility index (Phi) is 5.52. The Labute approximate surface area is 136 Å². The molecule has 0 heterocycles. The molecule has 1 amide bonds. The van der Waals surface area contributed by atoms with Crippen molar-refractivity contribution in [3.8, 4) is 5.75 Å². The van der Waals surface area contributed by atoms with Gasteiger partial charge in [0.05, 0.1) is 0 Å². The number of carbonyl (C=O) groups is 2. The number of likely N-dealkylation sites (N-methyl/N-ethyl adjacent to an activating group) is 1. The molecule has 4 nitrogen and oxygen atoms in total. The van der Waals surface area contributed by atoms with E-state index in [2.05, 4.69) is 5.32 Å². The standard InChI is InChI=1S/C19H21NO3/c1-13-8-9-14(2)18(10-13)23-12-15-6-4-5-7-16(15)17(11-21)19(22)20-3/h4-11,17H,12H2,1-3H3,(H,20,22). The average molecular weight is 311 g/mol. The van der Waals surface area contributed by atoms with Gasteiger partial charge in [0, 0.05) is 7.05 Å². The predicted molar refractivity (Wildman–Crippen MR) is 89.6 cm³/mol. The van der Waals surface area contributed by atoms with Crippen LogP contribution in [0, 0.1) is 13.8 Å². The van der Waals surface area contributed by atoms with E-state index in [1.165, 1.54) is 7.05 Å². The van der Waals surface area contributed by atoms with Crippen LogP contribution in [-0.4, -0.2) is 19.2 Å². The first-order chi connectivity index (χ1) is 11.1. The Balaban J connectivity index is 2.25. The summed E-state index contributed by atoms with van der Waals surface area (Å²) in [5.41, 5.74) is 3.67. The Morgan fingerprint density at radius 1 is 1.22 bits per heavy atom. The molecule has 4 heteroatoms. The number of hydrogen-bond acceptors (Lipinski definition) is 3. The van der Waals surface area contributed by atoms with Gasteiger partial charge in [-0.3, -0.25) is 4.79 Å². The van der Waals surface area contributed by atoms with E-state index >= 15 is 0 Å². The third-order valence-corrected chi connectivity index (χ3v) is 3.78. The number of amides is 1. The van der Waals surface area contributed by atoms with E-state index in [0.717, 1.165) is 22.4 Å². The summed E-state index contributed by atoms with van der Waals surface area (Å²) in [5.74, 6) is -0.333. The fraction of sp³-hybridized carbons (Fsp3) is 0.263. The lowest BCUT2D eigenvalue weighted by Crippen LogP contribution is -2.27. The van der Waals surface area contributed by atoms with Gasteiger partial charge in [0.1, 0.15) is 24.6 Å². The minimum absolute atomic E-state index is 0.307. The molecule has 0 aliphatic heterocycles. The highest BCUT2D eigenvalue weighted by Gasteiger charge is 2.21. The average Bonchev–Trinajstić information content (AvgIpc) is 2.57. The van der Waals surface area contributed by atoms with Crippen LogP contribution in [0.2, 0.25) is 0 Å². The number of benzene rings is 2. The van der Waals surface area contributed by atoms with E-state index in [4.69, 9.17) is 4.74 Å². The van der Waals surface area contributed by atoms with Gasteiger partial charge >= 0.3 is 0 Å². The van der Waals surface area contributed by atoms with Gasteiger partial charge in [0.25, 0.3) is 0 Å². The van der Waals surface area contributed by atoms with Crippen molar-refractivity contribution in [1.82, 2.24) is 5.32 Å². The van der Waals surface area contributed by atoms with Gasteiger partial charge in [-0.25, -0.2) is 0 Å². The summed E-state index contributed by atoms with van der Waals surface area (Å²) in [7, 11) is 1.52. The number of nitrogens with one attached hydrogen (secondary N) is 1. The van der Waals surface area contributed by atoms with Gasteiger partial charge in [-0.1, -0.05) is 36.4 Å². The zero-order chi connectivity index (χ0) is 16.8. The van der Waals surface area contributed by atoms with Crippen LogP contribution in [0.4, 0.5) is 0 Å². The Bertz CT molecular complexity index is 710. The maximum Gasteiger partial charge on any atom is 0.234 e. The van der Waals surface area contributed by atoms with Gasteiger partial charge in [0.15, 0.2) is 0 Å². The van der Waals surface area contributed by atoms with Gasteiger partial charge < -0.3 is 14.8 Å². The molecule has 2 aromatic carbocycles. The molecule has 1 unspecified atom stereocenters. The predicted octanol–water partition coefficient (Wildman–Crippen LogP) is 2.91. The number of ether oxygens (including phenoxy) is 1. The molecule has 0 saturated carbocycles. The smallest absolute Gasteiger partial charge is 0.234 e. The highest BCUT2D eigenvalue weighted by atomic mass is 16.5. The van der Waals surface area contributed by atoms with Crippen molar-refractivity contribution in [2.24, 2.45) is 0 Å². The fourth-order valence-electron chi connectivity index (χ4n) is 2.42. The van der Waals surface area contributed by atoms with Crippen LogP contribution in [0.25, 0.3) is 0 Å². The van der Waals surface area contributed by atoms with E-state index in [1.54, 1.807) is 6.07 Å². The van der Waals surface area contributed by atoms with E-state index in [0.29, 0.717) is 18.5 Å². The maximum absolute atomic E-state index is 11.9. The largest absolute Gasteiger partial charge is 0.489 e. The van der Waals surface area contributed by atoms with Crippen molar-refractivity contribution >= 4 is 12.2 Å². The zero-order valence-electron chi connectivity index (χ0n) is 13.6. The number of carbonyl (C=O) groups excluding carboxylic acids is 2. The van der Waals surface area contributed by atoms with Crippen LogP contribution < -0.4 is 10.1 Å². The third-order valence-electron chi connectivity index (χ3n) is 3.78. The first-order valence-electron chi connectivity index (χ1n) is 7.51. The fourth-order valence-corrected chi connectivity index (χ4v) is 2.42. The van der Waals surface area contributed by atoms with E-state index in [-0.39, 0.29) is 5.91 Å². The van der Waals surface area contributed by atoms with Gasteiger partial charge in [-0.2, -0.15) is 0 Å². The van der Waals surface area contributed by atoms with Crippen molar-refractivity contribution in [1.29, 1.82) is 0 Å². The Morgan fingerprint density at radius 2 is 1.96 bits per heavy atom. The summed E-state index contributed by atoms with van der Waals surface area (Å²) in [5, 5.41) is 2.52. The van der Waals surface area contributed by atoms with Gasteiger partial charge in [-0.15, -0.1) is 0 Å². The van der Waals surface area contributed by atoms with Crippen LogP contribution in [0.5, 0.6) is 5.75 Å². The molecule has 1 N–H and O–H groups in total. The highest BCUT2D eigenvalue weighted by Crippen LogP contribution is 2.24. The molecule has 0 radical (unpaired) electrons. The normalized spacial score (nSPS) is 11.6. The molecule has 1 atom stereocenters. The van der Waals surface area contributed by atoms with Crippen LogP contribution >= 0.6 is 0 Å². The number of rotatable bonds is 6. The molecule has 0 saturated heterocycles. The second-order valence-corrected chi connectivity index (χ2v) is 5.48. The molecule has 0 aromatic heterocycles. The first kappa shape index (κ1) is 16.7. The summed E-state index contributed by atoms with van der Waals surface area (Å²) in [6.45, 7) is 4.30. The number of aryl methyl sites for hydroxylation is 2. The summed E-state index contributed by atoms with van der Waals surface area (Å²) in [6, 6.07) is 13.4. The lowest BCUT2D eigenvalue weighted by molar-refractivity contribution is -0.125. The molecule has 2 rings (SSSR count). The second kappa shape index (κ2) is 7.58. The zero-order valence-corrected chi connectivity index (χ0v) is 13.6. The van der Waals surface area contributed by atoms with Crippen molar-refractivity contribution in [3.05, 3.63) is 64.7 Å². The molecule has 0 aliphatic rings. The molecule has 2 aromatic rings. The summed E-state index contributed by atoms with van der Waals surface area (Å²) in [6.07, 6.45) is 0.662. The van der Waals surface area contributed by atoms with Crippen molar-refractivity contribution in [2.45, 2.75) is 26.4 Å². The molecule has 0 aliphatic carbocycles. The Morgan fingerprint density at radius 3 is 2.65 bits per heavy atom. The molecule has 120 valence electrons. The SMILES string of the molecule is CNC(=O)C(C=O)c1ccccc1COc1cc(C)ccc1C. The highest BCUT2D eigenvalue weighted by molar-refractivity contribution is 5.97. The van der Waals surface area contributed by atoms with Crippen LogP contribution in [0.1, 0.15) is 28.2 Å². The minimum Gasteiger partial charge on any atom is -0.489 e. The van der Waals surface area contributed by atoms with E-state index in [1.807, 2.05) is 50.2 Å².